The van der Waals surface area contributed by atoms with Gasteiger partial charge in [-0.1, -0.05) is 0 Å². The highest BCUT2D eigenvalue weighted by molar-refractivity contribution is 5.80. The van der Waals surface area contributed by atoms with E-state index in [2.05, 4.69) is 17.2 Å². The van der Waals surface area contributed by atoms with Crippen molar-refractivity contribution in [3.8, 4) is 0 Å². The first-order chi connectivity index (χ1) is 8.89. The molecule has 0 aliphatic heterocycles. The van der Waals surface area contributed by atoms with Crippen molar-refractivity contribution in [2.45, 2.75) is 58.7 Å². The van der Waals surface area contributed by atoms with Gasteiger partial charge in [0.05, 0.1) is 12.9 Å². The summed E-state index contributed by atoms with van der Waals surface area (Å²) >= 11 is 0. The fourth-order valence-electron chi connectivity index (χ4n) is 2.36. The van der Waals surface area contributed by atoms with Crippen LogP contribution in [0.5, 0.6) is 0 Å². The first-order valence-corrected chi connectivity index (χ1v) is 6.81. The number of rotatable bonds is 7. The van der Waals surface area contributed by atoms with E-state index in [1.807, 2.05) is 38.5 Å². The van der Waals surface area contributed by atoms with E-state index in [-0.39, 0.29) is 18.1 Å². The van der Waals surface area contributed by atoms with E-state index in [1.165, 1.54) is 0 Å². The molecule has 1 aromatic heterocycles. The molecule has 1 rings (SSSR count). The molecule has 1 N–H and O–H groups in total. The highest BCUT2D eigenvalue weighted by Crippen LogP contribution is 2.23. The normalized spacial score (nSPS) is 16.1. The summed E-state index contributed by atoms with van der Waals surface area (Å²) in [6, 6.07) is 0.382. The standard InChI is InChI=1S/C14H25N3O2/c1-6-19-13(18)14(5,16-11(2)3)9-12(4)17-8-7-15-10-17/h7-8,10-12,16H,6,9H2,1-5H3. The van der Waals surface area contributed by atoms with Gasteiger partial charge in [-0.3, -0.25) is 10.1 Å². The van der Waals surface area contributed by atoms with E-state index >= 15 is 0 Å². The van der Waals surface area contributed by atoms with E-state index < -0.39 is 5.54 Å². The van der Waals surface area contributed by atoms with Crippen LogP contribution < -0.4 is 5.32 Å². The fraction of sp³-hybridized carbons (Fsp3) is 0.714. The van der Waals surface area contributed by atoms with Crippen LogP contribution in [0.25, 0.3) is 0 Å². The summed E-state index contributed by atoms with van der Waals surface area (Å²) in [5.74, 6) is -0.198. The highest BCUT2D eigenvalue weighted by atomic mass is 16.5. The van der Waals surface area contributed by atoms with E-state index in [4.69, 9.17) is 4.74 Å². The maximum absolute atomic E-state index is 12.2. The van der Waals surface area contributed by atoms with E-state index in [1.54, 1.807) is 12.5 Å². The Morgan fingerprint density at radius 3 is 2.63 bits per heavy atom. The van der Waals surface area contributed by atoms with Gasteiger partial charge in [0.1, 0.15) is 5.54 Å². The molecule has 0 radical (unpaired) electrons. The van der Waals surface area contributed by atoms with E-state index in [0.29, 0.717) is 13.0 Å². The number of aromatic nitrogens is 2. The van der Waals surface area contributed by atoms with Crippen molar-refractivity contribution in [2.75, 3.05) is 6.61 Å². The van der Waals surface area contributed by atoms with Crippen molar-refractivity contribution in [2.24, 2.45) is 0 Å². The second kappa shape index (κ2) is 6.70. The molecule has 2 atom stereocenters. The third-order valence-electron chi connectivity index (χ3n) is 3.07. The number of carbonyl (C=O) groups excluding carboxylic acids is 1. The van der Waals surface area contributed by atoms with Crippen LogP contribution in [0.4, 0.5) is 0 Å². The zero-order chi connectivity index (χ0) is 14.5. The van der Waals surface area contributed by atoms with Crippen molar-refractivity contribution in [3.63, 3.8) is 0 Å². The Balaban J connectivity index is 2.81. The molecule has 2 unspecified atom stereocenters. The summed E-state index contributed by atoms with van der Waals surface area (Å²) in [6.07, 6.45) is 6.08. The molecule has 19 heavy (non-hydrogen) atoms. The van der Waals surface area contributed by atoms with Crippen LogP contribution in [0.2, 0.25) is 0 Å². The van der Waals surface area contributed by atoms with Crippen LogP contribution in [0.15, 0.2) is 18.7 Å². The molecule has 0 aromatic carbocycles. The molecule has 0 saturated carbocycles. The summed E-state index contributed by atoms with van der Waals surface area (Å²) < 4.78 is 7.20. The van der Waals surface area contributed by atoms with Crippen LogP contribution in [0.1, 0.15) is 47.1 Å². The minimum absolute atomic E-state index is 0.170. The second-order valence-corrected chi connectivity index (χ2v) is 5.41. The average molecular weight is 267 g/mol. The molecule has 1 aromatic rings. The molecular formula is C14H25N3O2. The summed E-state index contributed by atoms with van der Waals surface area (Å²) in [4.78, 5) is 16.2. The van der Waals surface area contributed by atoms with Gasteiger partial charge in [0, 0.05) is 24.5 Å². The summed E-state index contributed by atoms with van der Waals surface area (Å²) in [7, 11) is 0. The maximum atomic E-state index is 12.2. The highest BCUT2D eigenvalue weighted by Gasteiger charge is 2.36. The molecule has 0 bridgehead atoms. The van der Waals surface area contributed by atoms with Crippen LogP contribution in [-0.2, 0) is 9.53 Å². The Hall–Kier alpha value is -1.36. The quantitative estimate of drug-likeness (QED) is 0.769. The second-order valence-electron chi connectivity index (χ2n) is 5.41. The van der Waals surface area contributed by atoms with Crippen molar-refractivity contribution in [1.29, 1.82) is 0 Å². The first kappa shape index (κ1) is 15.7. The third kappa shape index (κ3) is 4.35. The molecular weight excluding hydrogens is 242 g/mol. The van der Waals surface area contributed by atoms with Gasteiger partial charge in [-0.05, 0) is 41.0 Å². The van der Waals surface area contributed by atoms with Crippen molar-refractivity contribution < 1.29 is 9.53 Å². The van der Waals surface area contributed by atoms with Crippen molar-refractivity contribution >= 4 is 5.97 Å². The Labute approximate surface area is 115 Å². The lowest BCUT2D eigenvalue weighted by atomic mass is 9.92. The Morgan fingerprint density at radius 1 is 1.47 bits per heavy atom. The van der Waals surface area contributed by atoms with Gasteiger partial charge in [-0.25, -0.2) is 4.98 Å². The zero-order valence-corrected chi connectivity index (χ0v) is 12.5. The average Bonchev–Trinajstić information content (AvgIpc) is 2.81. The number of imidazole rings is 1. The molecule has 1 heterocycles. The molecule has 0 saturated heterocycles. The van der Waals surface area contributed by atoms with Gasteiger partial charge >= 0.3 is 5.97 Å². The third-order valence-corrected chi connectivity index (χ3v) is 3.07. The number of nitrogens with one attached hydrogen (secondary N) is 1. The van der Waals surface area contributed by atoms with Gasteiger partial charge in [0.25, 0.3) is 0 Å². The summed E-state index contributed by atoms with van der Waals surface area (Å²) in [5.41, 5.74) is -0.687. The number of esters is 1. The van der Waals surface area contributed by atoms with E-state index in [0.717, 1.165) is 0 Å². The van der Waals surface area contributed by atoms with Crippen LogP contribution >= 0.6 is 0 Å². The molecule has 0 fully saturated rings. The minimum Gasteiger partial charge on any atom is -0.465 e. The molecule has 5 heteroatoms. The van der Waals surface area contributed by atoms with Crippen molar-refractivity contribution in [1.82, 2.24) is 14.9 Å². The predicted octanol–water partition coefficient (Wildman–Crippen LogP) is 2.15. The fourth-order valence-corrected chi connectivity index (χ4v) is 2.36. The van der Waals surface area contributed by atoms with Crippen LogP contribution in [-0.4, -0.2) is 33.7 Å². The smallest absolute Gasteiger partial charge is 0.326 e. The van der Waals surface area contributed by atoms with Crippen molar-refractivity contribution in [3.05, 3.63) is 18.7 Å². The molecule has 0 aliphatic rings. The number of ether oxygens (including phenoxy) is 1. The maximum Gasteiger partial charge on any atom is 0.326 e. The van der Waals surface area contributed by atoms with Gasteiger partial charge in [0.15, 0.2) is 0 Å². The molecule has 0 spiro atoms. The lowest BCUT2D eigenvalue weighted by Gasteiger charge is -2.33. The molecule has 0 amide bonds. The minimum atomic E-state index is -0.687. The molecule has 108 valence electrons. The van der Waals surface area contributed by atoms with Crippen LogP contribution in [0.3, 0.4) is 0 Å². The van der Waals surface area contributed by atoms with E-state index in [9.17, 15) is 4.79 Å². The lowest BCUT2D eigenvalue weighted by Crippen LogP contribution is -2.54. The predicted molar refractivity (Wildman–Crippen MR) is 74.9 cm³/mol. The number of nitrogens with zero attached hydrogens (tertiary/aromatic N) is 2. The zero-order valence-electron chi connectivity index (χ0n) is 12.5. The summed E-state index contributed by atoms with van der Waals surface area (Å²) in [6.45, 7) is 10.2. The lowest BCUT2D eigenvalue weighted by molar-refractivity contribution is -0.151. The SMILES string of the molecule is CCOC(=O)C(C)(CC(C)n1ccnc1)NC(C)C. The number of carbonyl (C=O) groups is 1. The van der Waals surface area contributed by atoms with Gasteiger partial charge in [-0.15, -0.1) is 0 Å². The first-order valence-electron chi connectivity index (χ1n) is 6.81. The Bertz CT molecular complexity index is 389. The molecule has 0 aliphatic carbocycles. The van der Waals surface area contributed by atoms with Crippen LogP contribution in [0, 0.1) is 0 Å². The van der Waals surface area contributed by atoms with Gasteiger partial charge in [0.2, 0.25) is 0 Å². The van der Waals surface area contributed by atoms with Gasteiger partial charge in [-0.2, -0.15) is 0 Å². The van der Waals surface area contributed by atoms with Gasteiger partial charge < -0.3 is 9.30 Å². The number of hydrogen-bond acceptors (Lipinski definition) is 4. The number of hydrogen-bond donors (Lipinski definition) is 1. The monoisotopic (exact) mass is 267 g/mol. The topological polar surface area (TPSA) is 56.2 Å². The summed E-state index contributed by atoms with van der Waals surface area (Å²) in [5, 5.41) is 3.33. The molecule has 5 nitrogen and oxygen atoms in total. The largest absolute Gasteiger partial charge is 0.465 e. The Morgan fingerprint density at radius 2 is 2.16 bits per heavy atom. The Kier molecular flexibility index (Phi) is 5.54.